The summed E-state index contributed by atoms with van der Waals surface area (Å²) in [6, 6.07) is 50.8. The molecule has 0 aromatic heterocycles. The fourth-order valence-corrected chi connectivity index (χ4v) is 9.75. The highest BCUT2D eigenvalue weighted by Gasteiger charge is 2.51. The third kappa shape index (κ3) is 10.5. The molecule has 0 spiro atoms. The summed E-state index contributed by atoms with van der Waals surface area (Å²) >= 11 is 0. The van der Waals surface area contributed by atoms with Gasteiger partial charge in [0.2, 0.25) is 0 Å². The summed E-state index contributed by atoms with van der Waals surface area (Å²) in [5.74, 6) is 0. The van der Waals surface area contributed by atoms with Crippen molar-refractivity contribution in [1.82, 2.24) is 0 Å². The summed E-state index contributed by atoms with van der Waals surface area (Å²) in [7, 11) is -1.65. The van der Waals surface area contributed by atoms with Gasteiger partial charge in [-0.3, -0.25) is 0 Å². The Morgan fingerprint density at radius 1 is 0.566 bits per heavy atom. The molecule has 5 aromatic rings. The summed E-state index contributed by atoms with van der Waals surface area (Å²) in [5, 5.41) is 2.01. The minimum absolute atomic E-state index is 0.160. The number of ether oxygens (including phenoxy) is 5. The van der Waals surface area contributed by atoms with Gasteiger partial charge in [0.15, 0.2) is 6.29 Å². The Morgan fingerprint density at radius 3 is 1.45 bits per heavy atom. The number of unbranched alkanes of at least 4 members (excludes halogenated alkanes) is 1. The second kappa shape index (κ2) is 20.3. The first kappa shape index (κ1) is 38.5. The van der Waals surface area contributed by atoms with Crippen molar-refractivity contribution < 1.29 is 32.5 Å². The Hall–Kier alpha value is -4.22. The van der Waals surface area contributed by atoms with E-state index in [0.717, 1.165) is 39.9 Å². The van der Waals surface area contributed by atoms with Crippen molar-refractivity contribution in [1.29, 1.82) is 0 Å². The zero-order valence-electron chi connectivity index (χ0n) is 30.4. The Bertz CT molecular complexity index is 1710. The van der Waals surface area contributed by atoms with E-state index in [-0.39, 0.29) is 6.61 Å². The molecule has 0 radical (unpaired) electrons. The van der Waals surface area contributed by atoms with Crippen LogP contribution in [0.25, 0.3) is 0 Å². The summed E-state index contributed by atoms with van der Waals surface area (Å²) in [5.41, 5.74) is 3.11. The molecule has 0 amide bonds. The zero-order valence-corrected chi connectivity index (χ0v) is 31.4. The van der Waals surface area contributed by atoms with Crippen molar-refractivity contribution >= 4 is 18.9 Å². The molecule has 0 saturated carbocycles. The molecule has 7 nitrogen and oxygen atoms in total. The highest BCUT2D eigenvalue weighted by atomic mass is 28.4. The van der Waals surface area contributed by atoms with Crippen molar-refractivity contribution in [2.45, 2.75) is 63.4 Å². The minimum Gasteiger partial charge on any atom is -0.388 e. The summed E-state index contributed by atoms with van der Waals surface area (Å²) in [6.45, 7) is 5.63. The molecule has 5 aromatic carbocycles. The number of hydrogen-bond donors (Lipinski definition) is 0. The third-order valence-electron chi connectivity index (χ3n) is 9.30. The van der Waals surface area contributed by atoms with Gasteiger partial charge in [-0.1, -0.05) is 158 Å². The van der Waals surface area contributed by atoms with Crippen LogP contribution in [0.3, 0.4) is 0 Å². The predicted molar refractivity (Wildman–Crippen MR) is 210 cm³/mol. The van der Waals surface area contributed by atoms with Crippen LogP contribution < -0.4 is 10.4 Å². The molecule has 6 rings (SSSR count). The van der Waals surface area contributed by atoms with Crippen LogP contribution in [0.4, 0.5) is 0 Å². The first-order valence-corrected chi connectivity index (χ1v) is 20.2. The lowest BCUT2D eigenvalue weighted by atomic mass is 9.98. The molecule has 1 saturated heterocycles. The van der Waals surface area contributed by atoms with E-state index in [4.69, 9.17) is 32.5 Å². The van der Waals surface area contributed by atoms with Crippen molar-refractivity contribution in [3.8, 4) is 0 Å². The normalized spacial score (nSPS) is 20.2. The highest BCUT2D eigenvalue weighted by molar-refractivity contribution is 6.92. The molecule has 0 N–H and O–H groups in total. The maximum atomic E-state index is 7.21. The van der Waals surface area contributed by atoms with Gasteiger partial charge in [-0.25, -0.2) is 0 Å². The molecular weight excluding hydrogens is 681 g/mol. The molecule has 0 aliphatic carbocycles. The van der Waals surface area contributed by atoms with E-state index in [1.165, 1.54) is 0 Å². The van der Waals surface area contributed by atoms with Gasteiger partial charge in [-0.05, 0) is 39.9 Å². The number of methoxy groups -OCH3 is 1. The van der Waals surface area contributed by atoms with E-state index in [1.807, 2.05) is 109 Å². The van der Waals surface area contributed by atoms with Crippen LogP contribution in [-0.4, -0.2) is 59.6 Å². The lowest BCUT2D eigenvalue weighted by Crippen LogP contribution is -2.66. The van der Waals surface area contributed by atoms with Crippen LogP contribution in [0.15, 0.2) is 164 Å². The van der Waals surface area contributed by atoms with Crippen LogP contribution in [0.2, 0.25) is 0 Å². The van der Waals surface area contributed by atoms with Crippen molar-refractivity contribution in [2.75, 3.05) is 20.3 Å². The SMILES string of the molecule is C=CCCCO[Si](OC[C@H]1O[C@H](OC)[C@H](OCc2ccccc2)[C@@H](OCc2ccccc2)[C@@H]1OCc1ccccc1)(c1ccccc1)c1ccccc1. The average Bonchev–Trinajstić information content (AvgIpc) is 3.23. The lowest BCUT2D eigenvalue weighted by Gasteiger charge is -2.46. The first-order chi connectivity index (χ1) is 26.2. The van der Waals surface area contributed by atoms with Gasteiger partial charge in [0, 0.05) is 13.7 Å². The van der Waals surface area contributed by atoms with Crippen LogP contribution in [0.1, 0.15) is 29.5 Å². The van der Waals surface area contributed by atoms with E-state index in [1.54, 1.807) is 7.11 Å². The van der Waals surface area contributed by atoms with Gasteiger partial charge in [-0.15, -0.1) is 6.58 Å². The molecule has 276 valence electrons. The molecule has 1 heterocycles. The van der Waals surface area contributed by atoms with Crippen LogP contribution >= 0.6 is 0 Å². The number of hydrogen-bond acceptors (Lipinski definition) is 7. The molecule has 5 atom stereocenters. The molecule has 1 aliphatic rings. The quantitative estimate of drug-likeness (QED) is 0.0471. The maximum Gasteiger partial charge on any atom is 0.407 e. The van der Waals surface area contributed by atoms with E-state index in [9.17, 15) is 0 Å². The smallest absolute Gasteiger partial charge is 0.388 e. The second-order valence-corrected chi connectivity index (χ2v) is 16.0. The summed E-state index contributed by atoms with van der Waals surface area (Å²) in [4.78, 5) is 0. The van der Waals surface area contributed by atoms with E-state index in [2.05, 4.69) is 55.1 Å². The second-order valence-electron chi connectivity index (χ2n) is 13.0. The van der Waals surface area contributed by atoms with Crippen molar-refractivity contribution in [2.24, 2.45) is 0 Å². The zero-order chi connectivity index (χ0) is 36.6. The van der Waals surface area contributed by atoms with Gasteiger partial charge in [0.1, 0.15) is 24.4 Å². The highest BCUT2D eigenvalue weighted by Crippen LogP contribution is 2.32. The Balaban J connectivity index is 1.36. The average molecular weight is 731 g/mol. The largest absolute Gasteiger partial charge is 0.407 e. The van der Waals surface area contributed by atoms with Gasteiger partial charge in [0.05, 0.1) is 26.4 Å². The molecular formula is C45H50O7Si. The van der Waals surface area contributed by atoms with E-state index < -0.39 is 39.3 Å². The van der Waals surface area contributed by atoms with Crippen molar-refractivity contribution in [3.05, 3.63) is 181 Å². The first-order valence-electron chi connectivity index (χ1n) is 18.3. The van der Waals surface area contributed by atoms with Crippen LogP contribution in [0, 0.1) is 0 Å². The Kier molecular flexibility index (Phi) is 14.7. The fourth-order valence-electron chi connectivity index (χ4n) is 6.57. The topological polar surface area (TPSA) is 64.6 Å². The summed E-state index contributed by atoms with van der Waals surface area (Å²) < 4.78 is 47.3. The van der Waals surface area contributed by atoms with Crippen molar-refractivity contribution in [3.63, 3.8) is 0 Å². The van der Waals surface area contributed by atoms with Gasteiger partial charge in [-0.2, -0.15) is 0 Å². The maximum absolute atomic E-state index is 7.21. The van der Waals surface area contributed by atoms with Gasteiger partial charge in [0.25, 0.3) is 0 Å². The fraction of sp³-hybridized carbons (Fsp3) is 0.289. The third-order valence-corrected chi connectivity index (χ3v) is 12.7. The van der Waals surface area contributed by atoms with Gasteiger partial charge >= 0.3 is 8.56 Å². The molecule has 8 heteroatoms. The lowest BCUT2D eigenvalue weighted by molar-refractivity contribution is -0.321. The molecule has 0 bridgehead atoms. The predicted octanol–water partition coefficient (Wildman–Crippen LogP) is 7.37. The summed E-state index contributed by atoms with van der Waals surface area (Å²) in [6.07, 6.45) is 0.445. The van der Waals surface area contributed by atoms with Crippen LogP contribution in [-0.2, 0) is 52.4 Å². The Labute approximate surface area is 315 Å². The molecule has 53 heavy (non-hydrogen) atoms. The number of allylic oxidation sites excluding steroid dienone is 1. The molecule has 0 unspecified atom stereocenters. The number of benzene rings is 5. The van der Waals surface area contributed by atoms with Crippen LogP contribution in [0.5, 0.6) is 0 Å². The van der Waals surface area contributed by atoms with E-state index in [0.29, 0.717) is 26.4 Å². The standard InChI is InChI=1S/C45H50O7Si/c1-3-4-20-31-50-53(39-27-16-8-17-28-39,40-29-18-9-19-30-40)51-35-41-42(47-32-36-21-10-5-11-22-36)43(48-33-37-23-12-6-13-24-37)44(45(46-2)52-41)49-34-38-25-14-7-15-26-38/h3,5-19,21-30,41-45H,1,4,20,31-35H2,2H3/t41-,42-,43+,44-,45+/m1/s1. The van der Waals surface area contributed by atoms with E-state index >= 15 is 0 Å². The molecule has 1 fully saturated rings. The minimum atomic E-state index is -3.28. The molecule has 1 aliphatic heterocycles. The number of rotatable bonds is 20. The monoisotopic (exact) mass is 730 g/mol. The Morgan fingerprint density at radius 2 is 1.00 bits per heavy atom. The van der Waals surface area contributed by atoms with Gasteiger partial charge < -0.3 is 32.5 Å².